The number of nitrogens with zero attached hydrogens (tertiary/aromatic N) is 3. The lowest BCUT2D eigenvalue weighted by Gasteiger charge is -2.27. The molecule has 4 rings (SSSR count). The van der Waals surface area contributed by atoms with Crippen LogP contribution in [-0.4, -0.2) is 26.4 Å². The third-order valence-corrected chi connectivity index (χ3v) is 4.90. The van der Waals surface area contributed by atoms with Gasteiger partial charge in [0.25, 0.3) is 0 Å². The number of nitrogens with one attached hydrogen (secondary N) is 1. The highest BCUT2D eigenvalue weighted by atomic mass is 79.9. The quantitative estimate of drug-likeness (QED) is 0.684. The lowest BCUT2D eigenvalue weighted by molar-refractivity contribution is -0.145. The number of H-pyrrole nitrogens is 1. The maximum absolute atomic E-state index is 12.8. The van der Waals surface area contributed by atoms with E-state index in [1.165, 1.54) is 6.20 Å². The van der Waals surface area contributed by atoms with Crippen molar-refractivity contribution < 1.29 is 13.2 Å². The van der Waals surface area contributed by atoms with E-state index in [2.05, 4.69) is 35.8 Å². The zero-order chi connectivity index (χ0) is 17.6. The molecule has 1 aliphatic rings. The van der Waals surface area contributed by atoms with E-state index in [-0.39, 0.29) is 0 Å². The molecular formula is C17H14BrF3N4. The van der Waals surface area contributed by atoms with Crippen molar-refractivity contribution in [3.05, 3.63) is 57.7 Å². The predicted octanol–water partition coefficient (Wildman–Crippen LogP) is 4.30. The summed E-state index contributed by atoms with van der Waals surface area (Å²) in [6, 6.07) is 6.01. The number of alkyl halides is 3. The van der Waals surface area contributed by atoms with Crippen molar-refractivity contribution >= 4 is 26.8 Å². The summed E-state index contributed by atoms with van der Waals surface area (Å²) in [6.07, 6.45) is -0.598. The second-order valence-electron chi connectivity index (χ2n) is 6.13. The van der Waals surface area contributed by atoms with E-state index < -0.39 is 12.0 Å². The maximum atomic E-state index is 12.8. The minimum atomic E-state index is -4.51. The van der Waals surface area contributed by atoms with Crippen LogP contribution in [0.5, 0.6) is 0 Å². The molecular weight excluding hydrogens is 397 g/mol. The molecule has 8 heteroatoms. The van der Waals surface area contributed by atoms with Crippen LogP contribution in [0, 0.1) is 0 Å². The Morgan fingerprint density at radius 3 is 2.92 bits per heavy atom. The van der Waals surface area contributed by atoms with Gasteiger partial charge in [0, 0.05) is 47.4 Å². The molecule has 0 radical (unpaired) electrons. The first-order valence-electron chi connectivity index (χ1n) is 7.80. The van der Waals surface area contributed by atoms with E-state index in [4.69, 9.17) is 0 Å². The minimum Gasteiger partial charge on any atom is -0.361 e. The first kappa shape index (κ1) is 16.5. The van der Waals surface area contributed by atoms with Gasteiger partial charge in [0.2, 0.25) is 5.82 Å². The first-order chi connectivity index (χ1) is 11.9. The molecule has 25 heavy (non-hydrogen) atoms. The predicted molar refractivity (Wildman–Crippen MR) is 90.9 cm³/mol. The molecule has 1 aromatic carbocycles. The van der Waals surface area contributed by atoms with Crippen molar-refractivity contribution in [1.29, 1.82) is 0 Å². The maximum Gasteiger partial charge on any atom is 0.451 e. The average molecular weight is 411 g/mol. The fourth-order valence-electron chi connectivity index (χ4n) is 3.15. The van der Waals surface area contributed by atoms with Crippen molar-refractivity contribution in [2.75, 3.05) is 6.54 Å². The summed E-state index contributed by atoms with van der Waals surface area (Å²) < 4.78 is 39.5. The number of rotatable bonds is 2. The van der Waals surface area contributed by atoms with Gasteiger partial charge in [0.1, 0.15) is 0 Å². The van der Waals surface area contributed by atoms with Crippen LogP contribution < -0.4 is 0 Å². The van der Waals surface area contributed by atoms with Crippen LogP contribution in [-0.2, 0) is 25.7 Å². The molecule has 0 saturated heterocycles. The summed E-state index contributed by atoms with van der Waals surface area (Å²) in [5.41, 5.74) is 3.42. The molecule has 0 saturated carbocycles. The Morgan fingerprint density at radius 2 is 2.12 bits per heavy atom. The number of fused-ring (bicyclic) bond motifs is 2. The van der Waals surface area contributed by atoms with Gasteiger partial charge in [-0.25, -0.2) is 9.97 Å². The lowest BCUT2D eigenvalue weighted by Crippen LogP contribution is -2.31. The van der Waals surface area contributed by atoms with E-state index in [9.17, 15) is 13.2 Å². The molecule has 0 aliphatic carbocycles. The monoisotopic (exact) mass is 410 g/mol. The number of hydrogen-bond donors (Lipinski definition) is 1. The molecule has 130 valence electrons. The van der Waals surface area contributed by atoms with Gasteiger partial charge >= 0.3 is 6.18 Å². The average Bonchev–Trinajstić information content (AvgIpc) is 2.95. The largest absolute Gasteiger partial charge is 0.451 e. The summed E-state index contributed by atoms with van der Waals surface area (Å²) in [5.74, 6) is -1.07. The molecule has 1 aliphatic heterocycles. The molecule has 0 unspecified atom stereocenters. The summed E-state index contributed by atoms with van der Waals surface area (Å²) >= 11 is 3.47. The lowest BCUT2D eigenvalue weighted by atomic mass is 10.1. The fourth-order valence-corrected chi connectivity index (χ4v) is 3.51. The van der Waals surface area contributed by atoms with E-state index >= 15 is 0 Å². The van der Waals surface area contributed by atoms with Crippen LogP contribution >= 0.6 is 15.9 Å². The summed E-state index contributed by atoms with van der Waals surface area (Å²) in [6.45, 7) is 1.81. The Morgan fingerprint density at radius 1 is 1.28 bits per heavy atom. The molecule has 0 amide bonds. The summed E-state index contributed by atoms with van der Waals surface area (Å²) in [7, 11) is 0. The third-order valence-electron chi connectivity index (χ3n) is 4.40. The van der Waals surface area contributed by atoms with Crippen molar-refractivity contribution in [1.82, 2.24) is 19.9 Å². The fraction of sp³-hybridized carbons (Fsp3) is 0.294. The Balaban J connectivity index is 1.58. The Labute approximate surface area is 150 Å². The van der Waals surface area contributed by atoms with Gasteiger partial charge in [-0.3, -0.25) is 4.90 Å². The Bertz CT molecular complexity index is 935. The van der Waals surface area contributed by atoms with E-state index in [1.54, 1.807) is 0 Å². The topological polar surface area (TPSA) is 44.8 Å². The van der Waals surface area contributed by atoms with E-state index in [0.29, 0.717) is 25.2 Å². The van der Waals surface area contributed by atoms with Gasteiger partial charge in [0.15, 0.2) is 0 Å². The smallest absolute Gasteiger partial charge is 0.361 e. The van der Waals surface area contributed by atoms with Crippen LogP contribution in [0.3, 0.4) is 0 Å². The minimum absolute atomic E-state index is 0.390. The zero-order valence-electron chi connectivity index (χ0n) is 13.1. The second kappa shape index (κ2) is 6.10. The SMILES string of the molecule is FC(F)(F)c1ncc2c(n1)CN(Cc1c[nH]c3ccc(Br)cc13)CC2. The highest BCUT2D eigenvalue weighted by Gasteiger charge is 2.35. The normalized spacial score (nSPS) is 15.5. The molecule has 1 N–H and O–H groups in total. The van der Waals surface area contributed by atoms with Crippen LogP contribution in [0.15, 0.2) is 35.1 Å². The number of aromatic nitrogens is 3. The van der Waals surface area contributed by atoms with Gasteiger partial charge in [-0.1, -0.05) is 15.9 Å². The third kappa shape index (κ3) is 3.28. The Hall–Kier alpha value is -1.93. The number of aromatic amines is 1. The molecule has 4 nitrogen and oxygen atoms in total. The summed E-state index contributed by atoms with van der Waals surface area (Å²) in [4.78, 5) is 12.5. The molecule has 0 atom stereocenters. The Kier molecular flexibility index (Phi) is 4.04. The molecule has 3 aromatic rings. The van der Waals surface area contributed by atoms with Gasteiger partial charge in [-0.15, -0.1) is 0 Å². The van der Waals surface area contributed by atoms with Gasteiger partial charge < -0.3 is 4.98 Å². The first-order valence-corrected chi connectivity index (χ1v) is 8.59. The number of benzene rings is 1. The van der Waals surface area contributed by atoms with Gasteiger partial charge in [0.05, 0.1) is 5.69 Å². The zero-order valence-corrected chi connectivity index (χ0v) is 14.7. The second-order valence-corrected chi connectivity index (χ2v) is 7.04. The van der Waals surface area contributed by atoms with Crippen molar-refractivity contribution in [3.8, 4) is 0 Å². The van der Waals surface area contributed by atoms with E-state index in [1.807, 2.05) is 24.4 Å². The van der Waals surface area contributed by atoms with Crippen molar-refractivity contribution in [2.45, 2.75) is 25.7 Å². The van der Waals surface area contributed by atoms with Crippen LogP contribution in [0.4, 0.5) is 13.2 Å². The van der Waals surface area contributed by atoms with Crippen LogP contribution in [0.1, 0.15) is 22.6 Å². The molecule has 0 fully saturated rings. The molecule has 3 heterocycles. The van der Waals surface area contributed by atoms with Crippen molar-refractivity contribution in [2.24, 2.45) is 0 Å². The van der Waals surface area contributed by atoms with Gasteiger partial charge in [-0.05, 0) is 35.7 Å². The standard InChI is InChI=1S/C17H14BrF3N4/c18-12-1-2-14-13(5-12)11(7-22-14)8-25-4-3-10-6-23-16(17(19,20)21)24-15(10)9-25/h1-2,5-7,22H,3-4,8-9H2. The number of halogens is 4. The molecule has 0 bridgehead atoms. The molecule has 2 aromatic heterocycles. The van der Waals surface area contributed by atoms with Crippen molar-refractivity contribution in [3.63, 3.8) is 0 Å². The number of hydrogen-bond acceptors (Lipinski definition) is 3. The van der Waals surface area contributed by atoms with Crippen LogP contribution in [0.25, 0.3) is 10.9 Å². The summed E-state index contributed by atoms with van der Waals surface area (Å²) in [5, 5.41) is 1.11. The highest BCUT2D eigenvalue weighted by Crippen LogP contribution is 2.29. The van der Waals surface area contributed by atoms with E-state index in [0.717, 1.165) is 33.0 Å². The highest BCUT2D eigenvalue weighted by molar-refractivity contribution is 9.10. The van der Waals surface area contributed by atoms with Crippen LogP contribution in [0.2, 0.25) is 0 Å². The molecule has 0 spiro atoms. The van der Waals surface area contributed by atoms with Gasteiger partial charge in [-0.2, -0.15) is 13.2 Å².